The number of Topliss-reactive ketones (excluding diaryl/α,β-unsaturated/α-hetero) is 1. The van der Waals surface area contributed by atoms with Crippen molar-refractivity contribution in [3.05, 3.63) is 95.4 Å². The first-order valence-electron chi connectivity index (χ1n) is 12.8. The van der Waals surface area contributed by atoms with Crippen LogP contribution in [0.5, 0.6) is 0 Å². The number of ketones is 1. The Hall–Kier alpha value is -4.90. The minimum Gasteiger partial charge on any atom is -0.378 e. The highest BCUT2D eigenvalue weighted by atomic mass is 32.1. The van der Waals surface area contributed by atoms with E-state index in [0.29, 0.717) is 39.7 Å². The zero-order chi connectivity index (χ0) is 28.9. The highest BCUT2D eigenvalue weighted by Gasteiger charge is 2.18. The molecule has 0 saturated heterocycles. The average Bonchev–Trinajstić information content (AvgIpc) is 3.60. The quantitative estimate of drug-likeness (QED) is 0.174. The SMILES string of the molecule is CN(C)C(=O)CCn1c(NC(=O)c2ccc(-c3ccnc(F)c3)s2)nc2cc(NCC(=O)c3ccccc3)ccc21. The van der Waals surface area contributed by atoms with E-state index in [4.69, 9.17) is 0 Å². The largest absolute Gasteiger partial charge is 0.378 e. The van der Waals surface area contributed by atoms with Gasteiger partial charge in [-0.1, -0.05) is 30.3 Å². The van der Waals surface area contributed by atoms with Crippen LogP contribution >= 0.6 is 11.3 Å². The number of aryl methyl sites for hydroxylation is 1. The third-order valence-corrected chi connectivity index (χ3v) is 7.54. The maximum atomic E-state index is 13.6. The molecule has 5 rings (SSSR count). The molecule has 2 N–H and O–H groups in total. The van der Waals surface area contributed by atoms with Crippen molar-refractivity contribution in [1.29, 1.82) is 0 Å². The number of hydrogen-bond acceptors (Lipinski definition) is 7. The van der Waals surface area contributed by atoms with Crippen LogP contribution < -0.4 is 10.6 Å². The zero-order valence-electron chi connectivity index (χ0n) is 22.4. The van der Waals surface area contributed by atoms with Gasteiger partial charge in [0.1, 0.15) is 0 Å². The Balaban J connectivity index is 1.38. The molecular formula is C30H27FN6O3S. The van der Waals surface area contributed by atoms with Crippen LogP contribution in [0, 0.1) is 5.95 Å². The number of halogens is 1. The molecule has 0 aliphatic heterocycles. The second kappa shape index (κ2) is 12.1. The van der Waals surface area contributed by atoms with Crippen molar-refractivity contribution in [2.24, 2.45) is 0 Å². The van der Waals surface area contributed by atoms with E-state index >= 15 is 0 Å². The van der Waals surface area contributed by atoms with Crippen molar-refractivity contribution in [2.75, 3.05) is 31.3 Å². The van der Waals surface area contributed by atoms with E-state index in [1.54, 1.807) is 55.1 Å². The molecule has 2 amide bonds. The average molecular weight is 571 g/mol. The second-order valence-electron chi connectivity index (χ2n) is 9.46. The van der Waals surface area contributed by atoms with E-state index in [0.717, 1.165) is 10.4 Å². The van der Waals surface area contributed by atoms with Gasteiger partial charge in [0.05, 0.1) is 22.5 Å². The first-order valence-corrected chi connectivity index (χ1v) is 13.7. The molecule has 0 radical (unpaired) electrons. The summed E-state index contributed by atoms with van der Waals surface area (Å²) in [6.45, 7) is 0.410. The van der Waals surface area contributed by atoms with Gasteiger partial charge in [0.25, 0.3) is 5.91 Å². The highest BCUT2D eigenvalue weighted by molar-refractivity contribution is 7.17. The van der Waals surface area contributed by atoms with E-state index < -0.39 is 5.95 Å². The summed E-state index contributed by atoms with van der Waals surface area (Å²) < 4.78 is 15.4. The highest BCUT2D eigenvalue weighted by Crippen LogP contribution is 2.29. The zero-order valence-corrected chi connectivity index (χ0v) is 23.2. The van der Waals surface area contributed by atoms with Gasteiger partial charge in [0.15, 0.2) is 5.78 Å². The monoisotopic (exact) mass is 570 g/mol. The van der Waals surface area contributed by atoms with Gasteiger partial charge in [0, 0.05) is 55.5 Å². The lowest BCUT2D eigenvalue weighted by Crippen LogP contribution is -2.23. The molecule has 3 heterocycles. The number of aromatic nitrogens is 3. The minimum atomic E-state index is -0.596. The Kier molecular flexibility index (Phi) is 8.16. The van der Waals surface area contributed by atoms with E-state index in [-0.39, 0.29) is 30.6 Å². The molecule has 0 atom stereocenters. The number of rotatable bonds is 10. The van der Waals surface area contributed by atoms with Crippen LogP contribution in [-0.2, 0) is 11.3 Å². The molecule has 41 heavy (non-hydrogen) atoms. The van der Waals surface area contributed by atoms with Crippen molar-refractivity contribution in [3.63, 3.8) is 0 Å². The Labute approximate surface area is 239 Å². The van der Waals surface area contributed by atoms with Crippen LogP contribution in [0.3, 0.4) is 0 Å². The number of hydrogen-bond donors (Lipinski definition) is 2. The van der Waals surface area contributed by atoms with Gasteiger partial charge in [-0.05, 0) is 42.0 Å². The smallest absolute Gasteiger partial charge is 0.268 e. The van der Waals surface area contributed by atoms with Gasteiger partial charge in [-0.2, -0.15) is 4.39 Å². The number of benzene rings is 2. The normalized spacial score (nSPS) is 10.9. The summed E-state index contributed by atoms with van der Waals surface area (Å²) in [5.74, 6) is -0.788. The van der Waals surface area contributed by atoms with E-state index in [2.05, 4.69) is 20.6 Å². The standard InChI is InChI=1S/C30H27FN6O3S/c1-36(2)28(39)13-15-37-23-9-8-21(33-18-24(38)19-6-4-3-5-7-19)17-22(23)34-30(37)35-29(40)26-11-10-25(41-26)20-12-14-32-27(31)16-20/h3-12,14,16-17,33H,13,15,18H2,1-2H3,(H,34,35,40). The molecule has 3 aromatic heterocycles. The topological polar surface area (TPSA) is 109 Å². The molecular weight excluding hydrogens is 543 g/mol. The molecule has 9 nitrogen and oxygen atoms in total. The third-order valence-electron chi connectivity index (χ3n) is 6.41. The van der Waals surface area contributed by atoms with Gasteiger partial charge in [-0.25, -0.2) is 9.97 Å². The summed E-state index contributed by atoms with van der Waals surface area (Å²) in [4.78, 5) is 49.0. The number of nitrogens with zero attached hydrogens (tertiary/aromatic N) is 4. The molecule has 0 aliphatic rings. The number of fused-ring (bicyclic) bond motifs is 1. The number of carbonyl (C=O) groups excluding carboxylic acids is 3. The Bertz CT molecular complexity index is 1730. The molecule has 208 valence electrons. The molecule has 0 unspecified atom stereocenters. The summed E-state index contributed by atoms with van der Waals surface area (Å²) in [5.41, 5.74) is 3.26. The number of pyridine rings is 1. The predicted molar refractivity (Wildman–Crippen MR) is 158 cm³/mol. The van der Waals surface area contributed by atoms with Crippen molar-refractivity contribution in [3.8, 4) is 10.4 Å². The Morgan fingerprint density at radius 1 is 1.00 bits per heavy atom. The van der Waals surface area contributed by atoms with Crippen LogP contribution in [0.1, 0.15) is 26.5 Å². The lowest BCUT2D eigenvalue weighted by molar-refractivity contribution is -0.128. The molecule has 5 aromatic rings. The molecule has 0 saturated carbocycles. The number of anilines is 2. The van der Waals surface area contributed by atoms with E-state index in [1.807, 2.05) is 30.3 Å². The summed E-state index contributed by atoms with van der Waals surface area (Å²) in [5, 5.41) is 6.02. The number of amides is 2. The van der Waals surface area contributed by atoms with Crippen LogP contribution in [0.2, 0.25) is 0 Å². The maximum absolute atomic E-state index is 13.6. The minimum absolute atomic E-state index is 0.0452. The number of nitrogens with one attached hydrogen (secondary N) is 2. The lowest BCUT2D eigenvalue weighted by Gasteiger charge is -2.13. The molecule has 0 aliphatic carbocycles. The summed E-state index contributed by atoms with van der Waals surface area (Å²) >= 11 is 1.22. The first kappa shape index (κ1) is 27.7. The van der Waals surface area contributed by atoms with Gasteiger partial charge >= 0.3 is 0 Å². The lowest BCUT2D eigenvalue weighted by atomic mass is 10.1. The van der Waals surface area contributed by atoms with E-state index in [9.17, 15) is 18.8 Å². The number of imidazole rings is 1. The van der Waals surface area contributed by atoms with Gasteiger partial charge in [0.2, 0.25) is 17.8 Å². The van der Waals surface area contributed by atoms with Crippen molar-refractivity contribution < 1.29 is 18.8 Å². The van der Waals surface area contributed by atoms with E-state index in [1.165, 1.54) is 28.5 Å². The predicted octanol–water partition coefficient (Wildman–Crippen LogP) is 5.32. The molecule has 0 spiro atoms. The molecule has 2 aromatic carbocycles. The van der Waals surface area contributed by atoms with Gasteiger partial charge in [-0.15, -0.1) is 11.3 Å². The van der Waals surface area contributed by atoms with Crippen LogP contribution in [0.15, 0.2) is 79.0 Å². The molecule has 0 fully saturated rings. The van der Waals surface area contributed by atoms with Crippen molar-refractivity contribution >= 4 is 51.6 Å². The summed E-state index contributed by atoms with van der Waals surface area (Å²) in [7, 11) is 3.38. The fraction of sp³-hybridized carbons (Fsp3) is 0.167. The van der Waals surface area contributed by atoms with Crippen LogP contribution in [-0.4, -0.2) is 57.7 Å². The molecule has 11 heteroatoms. The number of carbonyl (C=O) groups is 3. The van der Waals surface area contributed by atoms with Crippen LogP contribution in [0.25, 0.3) is 21.5 Å². The molecule has 0 bridgehead atoms. The third kappa shape index (κ3) is 6.47. The Morgan fingerprint density at radius 2 is 1.80 bits per heavy atom. The fourth-order valence-electron chi connectivity index (χ4n) is 4.23. The van der Waals surface area contributed by atoms with Crippen molar-refractivity contribution in [1.82, 2.24) is 19.4 Å². The van der Waals surface area contributed by atoms with Gasteiger partial charge < -0.3 is 14.8 Å². The van der Waals surface area contributed by atoms with Gasteiger partial charge in [-0.3, -0.25) is 19.7 Å². The van der Waals surface area contributed by atoms with Crippen LogP contribution in [0.4, 0.5) is 16.0 Å². The maximum Gasteiger partial charge on any atom is 0.268 e. The summed E-state index contributed by atoms with van der Waals surface area (Å²) in [6, 6.07) is 20.9. The summed E-state index contributed by atoms with van der Waals surface area (Å²) in [6.07, 6.45) is 1.59. The first-order chi connectivity index (χ1) is 19.8. The number of thiophene rings is 1. The second-order valence-corrected chi connectivity index (χ2v) is 10.5. The van der Waals surface area contributed by atoms with Crippen molar-refractivity contribution in [2.45, 2.75) is 13.0 Å². The Morgan fingerprint density at radius 3 is 2.56 bits per heavy atom. The fourth-order valence-corrected chi connectivity index (χ4v) is 5.13.